The monoisotopic (exact) mass is 800 g/mol. The lowest BCUT2D eigenvalue weighted by Gasteiger charge is -2.53. The summed E-state index contributed by atoms with van der Waals surface area (Å²) in [5, 5.41) is 0.0496. The molecule has 6 rings (SSSR count). The van der Waals surface area contributed by atoms with Crippen molar-refractivity contribution in [3.8, 4) is 5.75 Å². The summed E-state index contributed by atoms with van der Waals surface area (Å²) >= 11 is 6.51. The van der Waals surface area contributed by atoms with Gasteiger partial charge in [0.15, 0.2) is 0 Å². The number of nitrogens with zero attached hydrogens (tertiary/aromatic N) is 3. The molecule has 12 heteroatoms. The first-order valence-corrected chi connectivity index (χ1v) is 22.4. The molecule has 2 aromatic rings. The van der Waals surface area contributed by atoms with Crippen molar-refractivity contribution in [1.29, 1.82) is 0 Å². The minimum Gasteiger partial charge on any atom is -0.490 e. The zero-order chi connectivity index (χ0) is 39.7. The standard InChI is InChI=1S/C43H65ClN4O6S/c1-9-29(2)32(5)55(50,51)45-41(49)34-13-17-40-39(22-34)47(27-43(28-54-40)18-10-11-33-21-36(44)14-16-38(33)43)25-35-12-15-37(35)42(6,53-8)26-46-23-30(3)48(19-20-52-7)31(4)24-46/h13-14,16-17,21-22,29-32,35,37H,9-12,15,18-20,23-28H2,1-8H3,(H,45,49)/t29-,30-,31+,32+,35-,37+,42+,43-/m0/s1. The van der Waals surface area contributed by atoms with Gasteiger partial charge in [-0.1, -0.05) is 37.9 Å². The summed E-state index contributed by atoms with van der Waals surface area (Å²) in [4.78, 5) is 21.3. The number of amides is 1. The van der Waals surface area contributed by atoms with Crippen LogP contribution < -0.4 is 14.4 Å². The summed E-state index contributed by atoms with van der Waals surface area (Å²) < 4.78 is 47.5. The van der Waals surface area contributed by atoms with Crippen LogP contribution in [0.1, 0.15) is 95.1 Å². The van der Waals surface area contributed by atoms with E-state index in [0.717, 1.165) is 82.1 Å². The molecule has 2 aliphatic carbocycles. The minimum absolute atomic E-state index is 0.0869. The van der Waals surface area contributed by atoms with E-state index in [2.05, 4.69) is 52.3 Å². The predicted octanol–water partition coefficient (Wildman–Crippen LogP) is 6.78. The molecule has 2 heterocycles. The lowest BCUT2D eigenvalue weighted by Crippen LogP contribution is -2.62. The van der Waals surface area contributed by atoms with Gasteiger partial charge in [0, 0.05) is 81.6 Å². The van der Waals surface area contributed by atoms with Crippen LogP contribution in [0.25, 0.3) is 0 Å². The highest BCUT2D eigenvalue weighted by Crippen LogP contribution is 2.49. The Morgan fingerprint density at radius 2 is 1.85 bits per heavy atom. The van der Waals surface area contributed by atoms with E-state index in [-0.39, 0.29) is 16.9 Å². The van der Waals surface area contributed by atoms with Crippen LogP contribution in [0, 0.1) is 17.8 Å². The van der Waals surface area contributed by atoms with Crippen molar-refractivity contribution >= 4 is 33.2 Å². The van der Waals surface area contributed by atoms with Crippen LogP contribution in [0.2, 0.25) is 5.02 Å². The highest BCUT2D eigenvalue weighted by molar-refractivity contribution is 7.90. The molecule has 0 radical (unpaired) electrons. The number of hydrogen-bond donors (Lipinski definition) is 1. The number of nitrogens with one attached hydrogen (secondary N) is 1. The molecule has 0 unspecified atom stereocenters. The van der Waals surface area contributed by atoms with Crippen molar-refractivity contribution in [3.63, 3.8) is 0 Å². The number of benzene rings is 2. The zero-order valence-corrected chi connectivity index (χ0v) is 36.0. The molecule has 8 atom stereocenters. The minimum atomic E-state index is -3.87. The number of fused-ring (bicyclic) bond motifs is 3. The summed E-state index contributed by atoms with van der Waals surface area (Å²) in [5.41, 5.74) is 3.08. The van der Waals surface area contributed by atoms with Crippen molar-refractivity contribution < 1.29 is 27.4 Å². The number of anilines is 1. The highest BCUT2D eigenvalue weighted by Gasteiger charge is 2.49. The Hall–Kier alpha value is -2.41. The van der Waals surface area contributed by atoms with E-state index < -0.39 is 21.2 Å². The fourth-order valence-electron chi connectivity index (χ4n) is 10.1. The SMILES string of the molecule is CC[C@H](C)[C@@H](C)S(=O)(=O)NC(=O)c1ccc2c(c1)N(C[C@@H]1CC[C@H]1[C@@](C)(CN1C[C@@H](C)N(CCOC)[C@@H](C)C1)OC)C[C@@]1(CCCc3cc(Cl)ccc31)CO2. The van der Waals surface area contributed by atoms with Crippen LogP contribution in [-0.4, -0.2) is 114 Å². The van der Waals surface area contributed by atoms with Gasteiger partial charge in [0.05, 0.1) is 29.8 Å². The average Bonchev–Trinajstić information content (AvgIpc) is 3.28. The van der Waals surface area contributed by atoms with Gasteiger partial charge in [0.2, 0.25) is 10.0 Å². The van der Waals surface area contributed by atoms with Gasteiger partial charge in [0.25, 0.3) is 5.91 Å². The van der Waals surface area contributed by atoms with Crippen molar-refractivity contribution in [2.75, 3.05) is 71.6 Å². The predicted molar refractivity (Wildman–Crippen MR) is 221 cm³/mol. The molecular formula is C43H65ClN4O6S. The van der Waals surface area contributed by atoms with Gasteiger partial charge in [-0.2, -0.15) is 0 Å². The fraction of sp³-hybridized carbons (Fsp3) is 0.698. The van der Waals surface area contributed by atoms with Gasteiger partial charge in [-0.05, 0) is 119 Å². The summed E-state index contributed by atoms with van der Waals surface area (Å²) in [6.45, 7) is 19.0. The molecule has 55 heavy (non-hydrogen) atoms. The number of carbonyl (C=O) groups excluding carboxylic acids is 1. The molecule has 2 aliphatic heterocycles. The van der Waals surface area contributed by atoms with Crippen molar-refractivity contribution in [3.05, 3.63) is 58.1 Å². The lowest BCUT2D eigenvalue weighted by atomic mass is 9.64. The third-order valence-electron chi connectivity index (χ3n) is 13.9. The smallest absolute Gasteiger partial charge is 0.264 e. The van der Waals surface area contributed by atoms with Crippen LogP contribution in [0.5, 0.6) is 5.75 Å². The lowest BCUT2D eigenvalue weighted by molar-refractivity contribution is -0.121. The second-order valence-corrected chi connectivity index (χ2v) is 19.9. The van der Waals surface area contributed by atoms with Crippen LogP contribution in [0.4, 0.5) is 5.69 Å². The molecule has 306 valence electrons. The van der Waals surface area contributed by atoms with Crippen LogP contribution in [-0.2, 0) is 31.3 Å². The Morgan fingerprint density at radius 3 is 2.51 bits per heavy atom. The maximum absolute atomic E-state index is 13.7. The van der Waals surface area contributed by atoms with E-state index in [4.69, 9.17) is 25.8 Å². The zero-order valence-electron chi connectivity index (χ0n) is 34.4. The molecule has 0 aromatic heterocycles. The van der Waals surface area contributed by atoms with E-state index in [1.165, 1.54) is 11.1 Å². The topological polar surface area (TPSA) is 101 Å². The van der Waals surface area contributed by atoms with Crippen LogP contribution in [0.3, 0.4) is 0 Å². The molecule has 1 saturated carbocycles. The number of carbonyl (C=O) groups is 1. The van der Waals surface area contributed by atoms with E-state index in [1.807, 2.05) is 39.2 Å². The molecule has 0 bridgehead atoms. The Morgan fingerprint density at radius 1 is 1.11 bits per heavy atom. The molecular weight excluding hydrogens is 736 g/mol. The summed E-state index contributed by atoms with van der Waals surface area (Å²) in [7, 11) is -0.233. The Labute approximate surface area is 335 Å². The highest BCUT2D eigenvalue weighted by atomic mass is 35.5. The third kappa shape index (κ3) is 8.87. The van der Waals surface area contributed by atoms with Crippen molar-refractivity contribution in [2.45, 2.75) is 108 Å². The van der Waals surface area contributed by atoms with Crippen molar-refractivity contribution in [1.82, 2.24) is 14.5 Å². The van der Waals surface area contributed by atoms with Crippen molar-refractivity contribution in [2.24, 2.45) is 17.8 Å². The maximum Gasteiger partial charge on any atom is 0.264 e. The second-order valence-electron chi connectivity index (χ2n) is 17.4. The number of ether oxygens (including phenoxy) is 3. The molecule has 2 fully saturated rings. The van der Waals surface area contributed by atoms with Crippen LogP contribution in [0.15, 0.2) is 36.4 Å². The Kier molecular flexibility index (Phi) is 13.2. The van der Waals surface area contributed by atoms with Gasteiger partial charge in [-0.25, -0.2) is 13.1 Å². The average molecular weight is 802 g/mol. The van der Waals surface area contributed by atoms with Gasteiger partial charge in [0.1, 0.15) is 5.75 Å². The molecule has 2 aromatic carbocycles. The summed E-state index contributed by atoms with van der Waals surface area (Å²) in [6.07, 6.45) is 5.86. The number of piperazine rings is 1. The Bertz CT molecular complexity index is 1770. The number of sulfonamides is 1. The largest absolute Gasteiger partial charge is 0.490 e. The number of rotatable bonds is 14. The number of methoxy groups -OCH3 is 2. The summed E-state index contributed by atoms with van der Waals surface area (Å²) in [5.74, 6) is 0.706. The Balaban J connectivity index is 1.28. The van der Waals surface area contributed by atoms with Crippen LogP contribution >= 0.6 is 11.6 Å². The number of aryl methyl sites for hydroxylation is 1. The van der Waals surface area contributed by atoms with E-state index >= 15 is 0 Å². The van der Waals surface area contributed by atoms with Gasteiger partial charge >= 0.3 is 0 Å². The molecule has 10 nitrogen and oxygen atoms in total. The fourth-order valence-corrected chi connectivity index (χ4v) is 11.6. The maximum atomic E-state index is 13.7. The van der Waals surface area contributed by atoms with Gasteiger partial charge in [-0.15, -0.1) is 0 Å². The molecule has 1 spiro atoms. The van der Waals surface area contributed by atoms with Gasteiger partial charge < -0.3 is 19.1 Å². The molecule has 1 N–H and O–H groups in total. The number of hydrogen-bond acceptors (Lipinski definition) is 9. The first-order chi connectivity index (χ1) is 26.1. The quantitative estimate of drug-likeness (QED) is 0.222. The summed E-state index contributed by atoms with van der Waals surface area (Å²) in [6, 6.07) is 12.5. The van der Waals surface area contributed by atoms with E-state index in [9.17, 15) is 13.2 Å². The first kappa shape index (κ1) is 42.2. The first-order valence-electron chi connectivity index (χ1n) is 20.5. The van der Waals surface area contributed by atoms with Gasteiger partial charge in [-0.3, -0.25) is 14.6 Å². The van der Waals surface area contributed by atoms with E-state index in [0.29, 0.717) is 54.8 Å². The molecule has 4 aliphatic rings. The number of halogens is 1. The normalized spacial score (nSPS) is 28.2. The molecule has 1 saturated heterocycles. The second kappa shape index (κ2) is 17.2. The molecule has 1 amide bonds. The van der Waals surface area contributed by atoms with E-state index in [1.54, 1.807) is 20.1 Å². The third-order valence-corrected chi connectivity index (χ3v) is 16.0.